The van der Waals surface area contributed by atoms with Gasteiger partial charge in [0.2, 0.25) is 0 Å². The van der Waals surface area contributed by atoms with E-state index in [2.05, 4.69) is 39.6 Å². The summed E-state index contributed by atoms with van der Waals surface area (Å²) in [5, 5.41) is 0. The van der Waals surface area contributed by atoms with Gasteiger partial charge in [-0.3, -0.25) is 0 Å². The Morgan fingerprint density at radius 3 is 2.67 bits per heavy atom. The van der Waals surface area contributed by atoms with Crippen molar-refractivity contribution in [3.05, 3.63) is 12.5 Å². The molecule has 84 valence electrons. The van der Waals surface area contributed by atoms with Gasteiger partial charge in [0.15, 0.2) is 0 Å². The van der Waals surface area contributed by atoms with Crippen molar-refractivity contribution in [1.82, 2.24) is 9.55 Å². The molecule has 0 spiro atoms. The zero-order valence-corrected chi connectivity index (χ0v) is 10.7. The first-order valence-electron chi connectivity index (χ1n) is 5.58. The van der Waals surface area contributed by atoms with Gasteiger partial charge >= 0.3 is 0 Å². The van der Waals surface area contributed by atoms with Crippen molar-refractivity contribution in [2.75, 3.05) is 0 Å². The maximum Gasteiger partial charge on any atom is 0.138 e. The van der Waals surface area contributed by atoms with Crippen molar-refractivity contribution in [2.24, 2.45) is 11.8 Å². The summed E-state index contributed by atoms with van der Waals surface area (Å²) >= 11 is 0. The molecule has 2 rings (SSSR count). The van der Waals surface area contributed by atoms with Gasteiger partial charge in [0.25, 0.3) is 0 Å². The van der Waals surface area contributed by atoms with E-state index < -0.39 is 0 Å². The fraction of sp³-hybridized carbons (Fsp3) is 0.727. The van der Waals surface area contributed by atoms with E-state index in [1.54, 1.807) is 0 Å². The summed E-state index contributed by atoms with van der Waals surface area (Å²) < 4.78 is 8.18. The minimum atomic E-state index is 0.153. The van der Waals surface area contributed by atoms with Crippen LogP contribution in [0.1, 0.15) is 33.4 Å². The van der Waals surface area contributed by atoms with E-state index in [9.17, 15) is 0 Å². The molecule has 0 radical (unpaired) electrons. The highest BCUT2D eigenvalue weighted by molar-refractivity contribution is 7.27. The summed E-state index contributed by atoms with van der Waals surface area (Å²) in [4.78, 5) is 4.14. The van der Waals surface area contributed by atoms with Crippen molar-refractivity contribution in [2.45, 2.75) is 39.5 Å². The third kappa shape index (κ3) is 1.83. The molecule has 2 heterocycles. The van der Waals surface area contributed by atoms with Gasteiger partial charge in [-0.1, -0.05) is 30.0 Å². The molecule has 1 aromatic heterocycles. The van der Waals surface area contributed by atoms with Crippen molar-refractivity contribution >= 4 is 14.7 Å². The van der Waals surface area contributed by atoms with E-state index in [4.69, 9.17) is 4.74 Å². The van der Waals surface area contributed by atoms with E-state index in [1.807, 2.05) is 12.5 Å². The highest BCUT2D eigenvalue weighted by Gasteiger charge is 2.39. The number of ether oxygens (including phenoxy) is 1. The van der Waals surface area contributed by atoms with Gasteiger partial charge in [-0.15, -0.1) is 0 Å². The Hall–Kier alpha value is -0.400. The molecule has 4 heteroatoms. The minimum Gasteiger partial charge on any atom is -0.354 e. The number of imidazole rings is 1. The lowest BCUT2D eigenvalue weighted by molar-refractivity contribution is -0.0123. The molecule has 5 atom stereocenters. The van der Waals surface area contributed by atoms with E-state index >= 15 is 0 Å². The van der Waals surface area contributed by atoms with E-state index in [1.165, 1.54) is 0 Å². The van der Waals surface area contributed by atoms with Crippen molar-refractivity contribution < 1.29 is 4.74 Å². The Kier molecular flexibility index (Phi) is 3.13. The topological polar surface area (TPSA) is 27.1 Å². The lowest BCUT2D eigenvalue weighted by atomic mass is 9.92. The summed E-state index contributed by atoms with van der Waals surface area (Å²) in [5.74, 6) is 1.16. The number of rotatable bonds is 2. The Morgan fingerprint density at radius 2 is 2.20 bits per heavy atom. The first-order valence-corrected chi connectivity index (χ1v) is 6.15. The standard InChI is InChI=1S/C11H19N2OP/c1-4-9-7(2)8(3)11(14-9)13-6-12-5-10(13)15/h5-9,11H,4,15H2,1-3H3. The SMILES string of the molecule is CCC1OC(n2cncc2P)C(C)C1C. The van der Waals surface area contributed by atoms with E-state index in [-0.39, 0.29) is 6.23 Å². The first-order chi connectivity index (χ1) is 7.15. The second-order valence-corrected chi connectivity index (χ2v) is 5.01. The summed E-state index contributed by atoms with van der Waals surface area (Å²) in [6.45, 7) is 6.72. The van der Waals surface area contributed by atoms with Crippen LogP contribution in [-0.2, 0) is 4.74 Å². The van der Waals surface area contributed by atoms with Crippen LogP contribution in [0.4, 0.5) is 0 Å². The van der Waals surface area contributed by atoms with Crippen LogP contribution in [-0.4, -0.2) is 15.7 Å². The molecule has 0 bridgehead atoms. The van der Waals surface area contributed by atoms with Gasteiger partial charge in [0.1, 0.15) is 6.23 Å². The number of nitrogens with zero attached hydrogens (tertiary/aromatic N) is 2. The average molecular weight is 226 g/mol. The summed E-state index contributed by atoms with van der Waals surface area (Å²) in [6, 6.07) is 0. The highest BCUT2D eigenvalue weighted by Crippen LogP contribution is 2.39. The summed E-state index contributed by atoms with van der Waals surface area (Å²) in [6.07, 6.45) is 5.33. The van der Waals surface area contributed by atoms with Crippen LogP contribution < -0.4 is 5.44 Å². The molecule has 1 aliphatic rings. The largest absolute Gasteiger partial charge is 0.354 e. The molecule has 15 heavy (non-hydrogen) atoms. The lowest BCUT2D eigenvalue weighted by Crippen LogP contribution is -2.20. The Balaban J connectivity index is 2.22. The summed E-state index contributed by atoms with van der Waals surface area (Å²) in [5.41, 5.74) is 1.09. The van der Waals surface area contributed by atoms with Gasteiger partial charge < -0.3 is 9.30 Å². The van der Waals surface area contributed by atoms with Crippen LogP contribution in [0.3, 0.4) is 0 Å². The second-order valence-electron chi connectivity index (χ2n) is 4.42. The predicted molar refractivity (Wildman–Crippen MR) is 64.1 cm³/mol. The van der Waals surface area contributed by atoms with Gasteiger partial charge in [0, 0.05) is 5.92 Å². The number of hydrogen-bond acceptors (Lipinski definition) is 2. The van der Waals surface area contributed by atoms with Crippen LogP contribution in [0.2, 0.25) is 0 Å². The smallest absolute Gasteiger partial charge is 0.138 e. The molecule has 1 fully saturated rings. The Bertz CT molecular complexity index is 339. The third-order valence-corrected chi connectivity index (χ3v) is 4.00. The molecule has 0 amide bonds. The average Bonchev–Trinajstić information content (AvgIpc) is 2.74. The monoisotopic (exact) mass is 226 g/mol. The molecular formula is C11H19N2OP. The Morgan fingerprint density at radius 1 is 1.47 bits per heavy atom. The molecule has 0 aliphatic carbocycles. The molecule has 3 nitrogen and oxygen atoms in total. The molecule has 0 N–H and O–H groups in total. The Labute approximate surface area is 93.4 Å². The quantitative estimate of drug-likeness (QED) is 0.721. The van der Waals surface area contributed by atoms with Crippen LogP contribution in [0.5, 0.6) is 0 Å². The molecule has 0 aromatic carbocycles. The van der Waals surface area contributed by atoms with E-state index in [0.717, 1.165) is 11.9 Å². The van der Waals surface area contributed by atoms with Crippen molar-refractivity contribution in [3.63, 3.8) is 0 Å². The molecule has 0 saturated carbocycles. The fourth-order valence-electron chi connectivity index (χ4n) is 2.34. The predicted octanol–water partition coefficient (Wildman–Crippen LogP) is 1.96. The van der Waals surface area contributed by atoms with E-state index in [0.29, 0.717) is 17.9 Å². The second kappa shape index (κ2) is 4.23. The number of aromatic nitrogens is 2. The first kappa shape index (κ1) is 11.1. The minimum absolute atomic E-state index is 0.153. The van der Waals surface area contributed by atoms with Crippen molar-refractivity contribution in [3.8, 4) is 0 Å². The molecule has 5 unspecified atom stereocenters. The van der Waals surface area contributed by atoms with Crippen LogP contribution in [0, 0.1) is 11.8 Å². The lowest BCUT2D eigenvalue weighted by Gasteiger charge is -2.18. The maximum atomic E-state index is 6.07. The van der Waals surface area contributed by atoms with Crippen LogP contribution in [0.15, 0.2) is 12.5 Å². The van der Waals surface area contributed by atoms with Crippen LogP contribution in [0.25, 0.3) is 0 Å². The summed E-state index contributed by atoms with van der Waals surface area (Å²) in [7, 11) is 2.70. The highest BCUT2D eigenvalue weighted by atomic mass is 31.0. The molecule has 1 saturated heterocycles. The maximum absolute atomic E-state index is 6.07. The molecule has 1 aromatic rings. The zero-order valence-electron chi connectivity index (χ0n) is 9.55. The fourth-order valence-corrected chi connectivity index (χ4v) is 2.64. The van der Waals surface area contributed by atoms with Gasteiger partial charge in [-0.05, 0) is 12.3 Å². The zero-order chi connectivity index (χ0) is 11.0. The molecule has 1 aliphatic heterocycles. The normalized spacial score (nSPS) is 36.0. The molecular weight excluding hydrogens is 207 g/mol. The van der Waals surface area contributed by atoms with Gasteiger partial charge in [0.05, 0.1) is 24.1 Å². The third-order valence-electron chi connectivity index (χ3n) is 3.55. The van der Waals surface area contributed by atoms with Gasteiger partial charge in [-0.2, -0.15) is 0 Å². The van der Waals surface area contributed by atoms with Gasteiger partial charge in [-0.25, -0.2) is 4.98 Å². The van der Waals surface area contributed by atoms with Crippen LogP contribution >= 0.6 is 9.24 Å². The number of hydrogen-bond donors (Lipinski definition) is 0. The van der Waals surface area contributed by atoms with Crippen molar-refractivity contribution in [1.29, 1.82) is 0 Å².